The van der Waals surface area contributed by atoms with E-state index in [0.717, 1.165) is 5.56 Å². The molecule has 0 heterocycles. The minimum Gasteiger partial charge on any atom is -0.467 e. The summed E-state index contributed by atoms with van der Waals surface area (Å²) in [5.41, 5.74) is 3.08. The topological polar surface area (TPSA) is 90.6 Å². The Balaban J connectivity index is 2.75. The number of nitrogen functional groups attached to an aromatic ring is 1. The fourth-order valence-corrected chi connectivity index (χ4v) is 1.66. The average molecular weight is 295 g/mol. The van der Waals surface area contributed by atoms with Crippen molar-refractivity contribution in [2.75, 3.05) is 12.8 Å². The summed E-state index contributed by atoms with van der Waals surface area (Å²) in [7, 11) is 1.26. The van der Waals surface area contributed by atoms with Crippen LogP contribution in [0.25, 0.3) is 0 Å². The number of esters is 1. The van der Waals surface area contributed by atoms with Gasteiger partial charge in [0.1, 0.15) is 11.6 Å². The van der Waals surface area contributed by atoms with Crippen LogP contribution in [0.5, 0.6) is 0 Å². The Bertz CT molecular complexity index is 511. The Hall–Kier alpha value is -2.24. The van der Waals surface area contributed by atoms with E-state index < -0.39 is 23.7 Å². The summed E-state index contributed by atoms with van der Waals surface area (Å²) >= 11 is 0. The molecule has 0 bridgehead atoms. The van der Waals surface area contributed by atoms with Crippen molar-refractivity contribution in [3.63, 3.8) is 0 Å². The number of hydrogen-bond acceptors (Lipinski definition) is 5. The average Bonchev–Trinajstić information content (AvgIpc) is 2.44. The molecule has 0 spiro atoms. The van der Waals surface area contributed by atoms with Gasteiger partial charge >= 0.3 is 12.1 Å². The van der Waals surface area contributed by atoms with E-state index in [1.807, 2.05) is 0 Å². The largest absolute Gasteiger partial charge is 0.467 e. The van der Waals surface area contributed by atoms with Crippen LogP contribution in [-0.2, 0) is 20.7 Å². The predicted octanol–water partition coefficient (Wildman–Crippen LogP) is 1.88. The quantitative estimate of drug-likeness (QED) is 0.639. The maximum absolute atomic E-state index is 11.8. The van der Waals surface area contributed by atoms with Gasteiger partial charge in [0.25, 0.3) is 0 Å². The van der Waals surface area contributed by atoms with Crippen LogP contribution >= 0.6 is 0 Å². The molecule has 6 heteroatoms. The fraction of sp³-hybridized carbons (Fsp3) is 0.467. The second-order valence-corrected chi connectivity index (χ2v) is 5.62. The number of hydrogen-bond donors (Lipinski definition) is 2. The number of ether oxygens (including phenoxy) is 2. The number of anilines is 1. The summed E-state index contributed by atoms with van der Waals surface area (Å²) in [5.74, 6) is -0.548. The SMILES string of the molecule is [2H]Nc1ccc(C[C@H](NC(=O)OC(C)(C)C)C(=O)OC)cc1. The number of carbonyl (C=O) groups excluding carboxylic acids is 2. The monoisotopic (exact) mass is 295 g/mol. The van der Waals surface area contributed by atoms with Crippen molar-refractivity contribution < 1.29 is 20.5 Å². The second kappa shape index (κ2) is 6.97. The van der Waals surface area contributed by atoms with Gasteiger partial charge in [-0.25, -0.2) is 9.59 Å². The van der Waals surface area contributed by atoms with Crippen molar-refractivity contribution in [2.24, 2.45) is 0 Å². The molecule has 21 heavy (non-hydrogen) atoms. The molecule has 0 aliphatic rings. The first-order valence-electron chi connectivity index (χ1n) is 7.09. The molecule has 116 valence electrons. The molecule has 1 amide bonds. The highest BCUT2D eigenvalue weighted by atomic mass is 16.6. The van der Waals surface area contributed by atoms with Crippen LogP contribution < -0.4 is 11.0 Å². The molecule has 1 aromatic carbocycles. The highest BCUT2D eigenvalue weighted by molar-refractivity contribution is 5.81. The zero-order valence-corrected chi connectivity index (χ0v) is 12.7. The smallest absolute Gasteiger partial charge is 0.408 e. The third-order valence-corrected chi connectivity index (χ3v) is 2.57. The molecule has 0 aliphatic heterocycles. The van der Waals surface area contributed by atoms with Crippen molar-refractivity contribution >= 4 is 17.7 Å². The van der Waals surface area contributed by atoms with Crippen molar-refractivity contribution in [2.45, 2.75) is 38.8 Å². The van der Waals surface area contributed by atoms with E-state index in [4.69, 9.17) is 10.9 Å². The van der Waals surface area contributed by atoms with E-state index >= 15 is 0 Å². The van der Waals surface area contributed by atoms with Gasteiger partial charge in [-0.1, -0.05) is 12.1 Å². The van der Waals surface area contributed by atoms with Crippen molar-refractivity contribution in [1.82, 2.24) is 5.32 Å². The molecule has 0 aromatic heterocycles. The first-order valence-corrected chi connectivity index (χ1v) is 6.59. The minimum atomic E-state index is -0.838. The van der Waals surface area contributed by atoms with E-state index in [2.05, 4.69) is 11.0 Å². The molecule has 6 nitrogen and oxygen atoms in total. The number of alkyl carbamates (subject to hydrolysis) is 1. The van der Waals surface area contributed by atoms with Gasteiger partial charge in [0.2, 0.25) is 0 Å². The Kier molecular flexibility index (Phi) is 5.03. The third-order valence-electron chi connectivity index (χ3n) is 2.57. The van der Waals surface area contributed by atoms with Crippen LogP contribution in [-0.4, -0.2) is 30.8 Å². The van der Waals surface area contributed by atoms with Crippen molar-refractivity contribution in [1.29, 1.82) is 0 Å². The third kappa shape index (κ3) is 6.16. The van der Waals surface area contributed by atoms with Crippen molar-refractivity contribution in [3.8, 4) is 0 Å². The zero-order valence-electron chi connectivity index (χ0n) is 13.7. The maximum Gasteiger partial charge on any atom is 0.408 e. The Labute approximate surface area is 126 Å². The van der Waals surface area contributed by atoms with Crippen LogP contribution in [0.2, 0.25) is 1.41 Å². The summed E-state index contributed by atoms with van der Waals surface area (Å²) in [6.07, 6.45) is -0.406. The summed E-state index contributed by atoms with van der Waals surface area (Å²) in [6.45, 7) is 5.23. The number of benzene rings is 1. The van der Waals surface area contributed by atoms with Crippen LogP contribution in [0.1, 0.15) is 26.3 Å². The molecule has 1 aromatic rings. The number of carbonyl (C=O) groups is 2. The highest BCUT2D eigenvalue weighted by Gasteiger charge is 2.25. The van der Waals surface area contributed by atoms with E-state index in [9.17, 15) is 9.59 Å². The van der Waals surface area contributed by atoms with E-state index in [1.54, 1.807) is 45.0 Å². The van der Waals surface area contributed by atoms with Gasteiger partial charge in [-0.3, -0.25) is 0 Å². The molecule has 3 N–H and O–H groups in total. The van der Waals surface area contributed by atoms with E-state index in [1.165, 1.54) is 7.11 Å². The lowest BCUT2D eigenvalue weighted by atomic mass is 10.1. The Morgan fingerprint density at radius 3 is 2.43 bits per heavy atom. The van der Waals surface area contributed by atoms with Crippen LogP contribution in [0.15, 0.2) is 24.3 Å². The molecule has 0 aliphatic carbocycles. The standard InChI is InChI=1S/C15H22N2O4/c1-15(2,3)21-14(19)17-12(13(18)20-4)9-10-5-7-11(16)8-6-10/h5-8,12H,9,16H2,1-4H3,(H,17,19)/t12-/m0/s1/i/hD. The molecular formula is C15H22N2O4. The predicted molar refractivity (Wildman–Crippen MR) is 79.7 cm³/mol. The van der Waals surface area contributed by atoms with Gasteiger partial charge in [-0.2, -0.15) is 0 Å². The molecular weight excluding hydrogens is 272 g/mol. The van der Waals surface area contributed by atoms with E-state index in [0.29, 0.717) is 5.69 Å². The lowest BCUT2D eigenvalue weighted by Crippen LogP contribution is -2.45. The molecule has 0 unspecified atom stereocenters. The molecule has 0 fully saturated rings. The number of nitrogens with one attached hydrogen (secondary N) is 1. The van der Waals surface area contributed by atoms with Crippen LogP contribution in [0.3, 0.4) is 0 Å². The number of nitrogens with two attached hydrogens (primary N) is 1. The summed E-state index contributed by atoms with van der Waals surface area (Å²) in [5, 5.41) is 2.51. The highest BCUT2D eigenvalue weighted by Crippen LogP contribution is 2.10. The fourth-order valence-electron chi connectivity index (χ4n) is 1.66. The minimum absolute atomic E-state index is 0.268. The van der Waals surface area contributed by atoms with Gasteiger partial charge in [-0.05, 0) is 38.5 Å². The zero-order chi connectivity index (χ0) is 16.8. The Morgan fingerprint density at radius 2 is 1.95 bits per heavy atom. The lowest BCUT2D eigenvalue weighted by molar-refractivity contribution is -0.143. The normalized spacial score (nSPS) is 12.9. The summed E-state index contributed by atoms with van der Waals surface area (Å²) in [4.78, 5) is 23.6. The number of amides is 1. The van der Waals surface area contributed by atoms with Crippen LogP contribution in [0, 0.1) is 0 Å². The molecule has 0 radical (unpaired) electrons. The van der Waals surface area contributed by atoms with Gasteiger partial charge in [0.15, 0.2) is 1.41 Å². The Morgan fingerprint density at radius 1 is 1.33 bits per heavy atom. The molecule has 1 atom stereocenters. The lowest BCUT2D eigenvalue weighted by Gasteiger charge is -2.22. The first-order chi connectivity index (χ1) is 10.2. The summed E-state index contributed by atoms with van der Waals surface area (Å²) in [6, 6.07) is 6.12. The van der Waals surface area contributed by atoms with Crippen LogP contribution in [0.4, 0.5) is 10.5 Å². The van der Waals surface area contributed by atoms with Gasteiger partial charge in [0.05, 0.1) is 7.11 Å². The van der Waals surface area contributed by atoms with Gasteiger partial charge in [-0.15, -0.1) is 0 Å². The number of rotatable bonds is 5. The van der Waals surface area contributed by atoms with E-state index in [-0.39, 0.29) is 6.42 Å². The summed E-state index contributed by atoms with van der Waals surface area (Å²) < 4.78 is 16.9. The van der Waals surface area contributed by atoms with Gasteiger partial charge < -0.3 is 20.5 Å². The number of methoxy groups -OCH3 is 1. The second-order valence-electron chi connectivity index (χ2n) is 5.62. The molecule has 0 saturated carbocycles. The molecule has 1 rings (SSSR count). The first kappa shape index (κ1) is 15.2. The van der Waals surface area contributed by atoms with Crippen molar-refractivity contribution in [3.05, 3.63) is 29.8 Å². The van der Waals surface area contributed by atoms with Gasteiger partial charge in [0, 0.05) is 12.1 Å². The molecule has 0 saturated heterocycles. The maximum atomic E-state index is 11.8.